The van der Waals surface area contributed by atoms with Crippen molar-refractivity contribution in [2.24, 2.45) is 0 Å². The Morgan fingerprint density at radius 1 is 1.44 bits per heavy atom. The van der Waals surface area contributed by atoms with Crippen LogP contribution in [0.5, 0.6) is 0 Å². The van der Waals surface area contributed by atoms with Crippen molar-refractivity contribution in [2.45, 2.75) is 32.4 Å². The zero-order valence-corrected chi connectivity index (χ0v) is 14.2. The van der Waals surface area contributed by atoms with Gasteiger partial charge in [0, 0.05) is 23.0 Å². The van der Waals surface area contributed by atoms with E-state index in [2.05, 4.69) is 39.0 Å². The van der Waals surface area contributed by atoms with Crippen LogP contribution in [0.1, 0.15) is 31.7 Å². The first-order chi connectivity index (χ1) is 8.09. The van der Waals surface area contributed by atoms with Gasteiger partial charge in [-0.05, 0) is 48.8 Å². The van der Waals surface area contributed by atoms with E-state index in [1.807, 2.05) is 19.9 Å². The van der Waals surface area contributed by atoms with E-state index in [0.717, 1.165) is 3.79 Å². The molecule has 2 N–H and O–H groups in total. The molecule has 0 radical (unpaired) electrons. The van der Waals surface area contributed by atoms with Gasteiger partial charge in [0.1, 0.15) is 0 Å². The largest absolute Gasteiger partial charge is 0.308 e. The Balaban J connectivity index is 2.54. The summed E-state index contributed by atoms with van der Waals surface area (Å²) in [6.45, 7) is 6.35. The second-order valence-corrected chi connectivity index (χ2v) is 9.25. The minimum Gasteiger partial charge on any atom is -0.308 e. The fourth-order valence-corrected chi connectivity index (χ4v) is 4.13. The molecule has 18 heavy (non-hydrogen) atoms. The van der Waals surface area contributed by atoms with Crippen molar-refractivity contribution >= 4 is 37.3 Å². The van der Waals surface area contributed by atoms with E-state index >= 15 is 0 Å². The molecule has 0 spiro atoms. The SMILES string of the molecule is CC(NCC(C)(C)NS(C)(=O)=O)c1ccc(Br)s1. The molecule has 0 aliphatic carbocycles. The van der Waals surface area contributed by atoms with Gasteiger partial charge in [-0.25, -0.2) is 13.1 Å². The van der Waals surface area contributed by atoms with Gasteiger partial charge in [-0.2, -0.15) is 0 Å². The summed E-state index contributed by atoms with van der Waals surface area (Å²) in [5.74, 6) is 0. The first-order valence-corrected chi connectivity index (χ1v) is 9.07. The van der Waals surface area contributed by atoms with Crippen LogP contribution < -0.4 is 10.0 Å². The molecule has 1 heterocycles. The molecule has 0 bridgehead atoms. The van der Waals surface area contributed by atoms with E-state index in [4.69, 9.17) is 0 Å². The summed E-state index contributed by atoms with van der Waals surface area (Å²) in [4.78, 5) is 1.22. The topological polar surface area (TPSA) is 58.2 Å². The van der Waals surface area contributed by atoms with Crippen LogP contribution >= 0.6 is 27.3 Å². The van der Waals surface area contributed by atoms with E-state index in [9.17, 15) is 8.42 Å². The third-order valence-corrected chi connectivity index (χ3v) is 5.06. The number of nitrogens with one attached hydrogen (secondary N) is 2. The summed E-state index contributed by atoms with van der Waals surface area (Å²) in [5.41, 5.74) is -0.504. The van der Waals surface area contributed by atoms with Crippen LogP contribution in [0.3, 0.4) is 0 Å². The summed E-state index contributed by atoms with van der Waals surface area (Å²) < 4.78 is 26.2. The van der Waals surface area contributed by atoms with Gasteiger partial charge in [0.15, 0.2) is 0 Å². The molecule has 7 heteroatoms. The van der Waals surface area contributed by atoms with Crippen molar-refractivity contribution in [3.8, 4) is 0 Å². The number of sulfonamides is 1. The van der Waals surface area contributed by atoms with Gasteiger partial charge in [0.25, 0.3) is 0 Å². The van der Waals surface area contributed by atoms with Crippen molar-refractivity contribution in [1.29, 1.82) is 0 Å². The molecule has 1 aromatic rings. The van der Waals surface area contributed by atoms with Gasteiger partial charge in [0.2, 0.25) is 10.0 Å². The minimum absolute atomic E-state index is 0.196. The zero-order valence-electron chi connectivity index (χ0n) is 11.0. The second-order valence-electron chi connectivity index (χ2n) is 5.00. The van der Waals surface area contributed by atoms with E-state index in [-0.39, 0.29) is 6.04 Å². The molecular formula is C11H19BrN2O2S2. The average Bonchev–Trinajstić information content (AvgIpc) is 2.57. The highest BCUT2D eigenvalue weighted by Gasteiger charge is 2.22. The fraction of sp³-hybridized carbons (Fsp3) is 0.636. The Labute approximate surface area is 121 Å². The number of halogens is 1. The highest BCUT2D eigenvalue weighted by molar-refractivity contribution is 9.11. The standard InChI is InChI=1S/C11H19BrN2O2S2/c1-8(9-5-6-10(12)17-9)13-7-11(2,3)14-18(4,15)16/h5-6,8,13-14H,7H2,1-4H3. The quantitative estimate of drug-likeness (QED) is 0.824. The lowest BCUT2D eigenvalue weighted by atomic mass is 10.1. The first-order valence-electron chi connectivity index (χ1n) is 5.57. The summed E-state index contributed by atoms with van der Waals surface area (Å²) in [7, 11) is -3.19. The molecular weight excluding hydrogens is 336 g/mol. The van der Waals surface area contributed by atoms with Crippen molar-refractivity contribution in [2.75, 3.05) is 12.8 Å². The second kappa shape index (κ2) is 6.00. The van der Waals surface area contributed by atoms with Crippen LogP contribution in [0.4, 0.5) is 0 Å². The molecule has 0 saturated heterocycles. The van der Waals surface area contributed by atoms with Gasteiger partial charge in [-0.3, -0.25) is 0 Å². The van der Waals surface area contributed by atoms with E-state index in [1.54, 1.807) is 11.3 Å². The normalized spacial score (nSPS) is 14.7. The number of thiophene rings is 1. The van der Waals surface area contributed by atoms with Crippen molar-refractivity contribution < 1.29 is 8.42 Å². The van der Waals surface area contributed by atoms with E-state index in [0.29, 0.717) is 6.54 Å². The minimum atomic E-state index is -3.19. The fourth-order valence-electron chi connectivity index (χ4n) is 1.61. The Morgan fingerprint density at radius 2 is 2.06 bits per heavy atom. The summed E-state index contributed by atoms with van der Waals surface area (Å²) in [5, 5.41) is 3.34. The maximum atomic E-state index is 11.2. The maximum absolute atomic E-state index is 11.2. The Hall–Kier alpha value is 0.0500. The summed E-state index contributed by atoms with van der Waals surface area (Å²) >= 11 is 5.10. The van der Waals surface area contributed by atoms with Crippen LogP contribution in [0.2, 0.25) is 0 Å². The Bertz CT molecular complexity index is 497. The van der Waals surface area contributed by atoms with Gasteiger partial charge in [0.05, 0.1) is 10.0 Å². The predicted molar refractivity (Wildman–Crippen MR) is 80.5 cm³/mol. The van der Waals surface area contributed by atoms with Crippen molar-refractivity contribution in [1.82, 2.24) is 10.0 Å². The molecule has 4 nitrogen and oxygen atoms in total. The summed E-state index contributed by atoms with van der Waals surface area (Å²) in [6, 6.07) is 4.27. The zero-order chi connectivity index (χ0) is 14.0. The lowest BCUT2D eigenvalue weighted by Gasteiger charge is -2.27. The molecule has 0 aliphatic rings. The molecule has 1 unspecified atom stereocenters. The molecule has 0 amide bonds. The van der Waals surface area contributed by atoms with Gasteiger partial charge in [-0.1, -0.05) is 0 Å². The Kier molecular flexibility index (Phi) is 5.37. The molecule has 1 rings (SSSR count). The van der Waals surface area contributed by atoms with Crippen LogP contribution in [0.25, 0.3) is 0 Å². The molecule has 0 fully saturated rings. The highest BCUT2D eigenvalue weighted by Crippen LogP contribution is 2.27. The average molecular weight is 355 g/mol. The third kappa shape index (κ3) is 5.79. The molecule has 0 aromatic carbocycles. The number of hydrogen-bond acceptors (Lipinski definition) is 4. The maximum Gasteiger partial charge on any atom is 0.209 e. The number of rotatable bonds is 6. The molecule has 104 valence electrons. The smallest absolute Gasteiger partial charge is 0.209 e. The Morgan fingerprint density at radius 3 is 2.50 bits per heavy atom. The highest BCUT2D eigenvalue weighted by atomic mass is 79.9. The third-order valence-electron chi connectivity index (χ3n) is 2.33. The van der Waals surface area contributed by atoms with Crippen molar-refractivity contribution in [3.63, 3.8) is 0 Å². The lowest BCUT2D eigenvalue weighted by Crippen LogP contribution is -2.50. The first kappa shape index (κ1) is 16.1. The monoisotopic (exact) mass is 354 g/mol. The molecule has 1 atom stereocenters. The van der Waals surface area contributed by atoms with Crippen LogP contribution in [0.15, 0.2) is 15.9 Å². The van der Waals surface area contributed by atoms with Crippen LogP contribution in [-0.4, -0.2) is 26.8 Å². The van der Waals surface area contributed by atoms with Crippen molar-refractivity contribution in [3.05, 3.63) is 20.8 Å². The van der Waals surface area contributed by atoms with E-state index in [1.165, 1.54) is 11.1 Å². The van der Waals surface area contributed by atoms with Crippen LogP contribution in [0, 0.1) is 0 Å². The predicted octanol–water partition coefficient (Wildman–Crippen LogP) is 2.49. The lowest BCUT2D eigenvalue weighted by molar-refractivity contribution is 0.401. The molecule has 0 aliphatic heterocycles. The van der Waals surface area contributed by atoms with Crippen LogP contribution in [-0.2, 0) is 10.0 Å². The van der Waals surface area contributed by atoms with Gasteiger partial charge >= 0.3 is 0 Å². The van der Waals surface area contributed by atoms with Gasteiger partial charge in [-0.15, -0.1) is 11.3 Å². The van der Waals surface area contributed by atoms with Gasteiger partial charge < -0.3 is 5.32 Å². The van der Waals surface area contributed by atoms with E-state index < -0.39 is 15.6 Å². The molecule has 1 aromatic heterocycles. The summed E-state index contributed by atoms with van der Waals surface area (Å²) in [6.07, 6.45) is 1.18. The number of hydrogen-bond donors (Lipinski definition) is 2. The molecule has 0 saturated carbocycles.